The normalized spacial score (nSPS) is 13.4. The zero-order valence-electron chi connectivity index (χ0n) is 4.66. The van der Waals surface area contributed by atoms with E-state index in [4.69, 9.17) is 23.2 Å². The summed E-state index contributed by atoms with van der Waals surface area (Å²) in [4.78, 5) is 10.2. The second kappa shape index (κ2) is 4.16. The molecule has 0 aromatic heterocycles. The van der Waals surface area contributed by atoms with E-state index >= 15 is 0 Å². The maximum Gasteiger partial charge on any atom is 0.224 e. The van der Waals surface area contributed by atoms with Gasteiger partial charge in [0.2, 0.25) is 5.24 Å². The third-order valence-corrected chi connectivity index (χ3v) is 1.52. The second-order valence-electron chi connectivity index (χ2n) is 1.68. The van der Waals surface area contributed by atoms with Gasteiger partial charge in [0.05, 0.1) is 0 Å². The van der Waals surface area contributed by atoms with Gasteiger partial charge in [-0.3, -0.25) is 4.79 Å². The molecule has 48 valence electrons. The average Bonchev–Trinajstić information content (AvgIpc) is 1.67. The summed E-state index contributed by atoms with van der Waals surface area (Å²) in [5.74, 6) is 0.411. The Morgan fingerprint density at radius 1 is 1.75 bits per heavy atom. The molecule has 0 N–H and O–H groups in total. The van der Waals surface area contributed by atoms with Gasteiger partial charge in [0.1, 0.15) is 0 Å². The van der Waals surface area contributed by atoms with E-state index in [0.29, 0.717) is 12.3 Å². The maximum absolute atomic E-state index is 10.2. The van der Waals surface area contributed by atoms with Gasteiger partial charge in [-0.2, -0.15) is 0 Å². The van der Waals surface area contributed by atoms with Crippen LogP contribution in [0.1, 0.15) is 13.3 Å². The summed E-state index contributed by atoms with van der Waals surface area (Å²) in [5.41, 5.74) is 0. The molecule has 0 fully saturated rings. The fraction of sp³-hybridized carbons (Fsp3) is 0.800. The SMILES string of the molecule is CC(CCCl)C(=O)Cl. The largest absolute Gasteiger partial charge is 0.281 e. The molecule has 3 heteroatoms. The van der Waals surface area contributed by atoms with Gasteiger partial charge in [0, 0.05) is 11.8 Å². The number of carbonyl (C=O) groups excluding carboxylic acids is 1. The number of halogens is 2. The van der Waals surface area contributed by atoms with E-state index in [1.165, 1.54) is 0 Å². The molecule has 0 aromatic rings. The highest BCUT2D eigenvalue weighted by Crippen LogP contribution is 2.06. The summed E-state index contributed by atoms with van der Waals surface area (Å²) >= 11 is 10.4. The van der Waals surface area contributed by atoms with Gasteiger partial charge in [-0.05, 0) is 18.0 Å². The molecule has 0 aromatic carbocycles. The van der Waals surface area contributed by atoms with E-state index < -0.39 is 0 Å². The molecule has 1 atom stereocenters. The average molecular weight is 155 g/mol. The fourth-order valence-corrected chi connectivity index (χ4v) is 0.714. The van der Waals surface area contributed by atoms with E-state index in [1.54, 1.807) is 6.92 Å². The van der Waals surface area contributed by atoms with E-state index in [2.05, 4.69) is 0 Å². The molecular formula is C5H8Cl2O. The van der Waals surface area contributed by atoms with Crippen molar-refractivity contribution in [1.82, 2.24) is 0 Å². The molecule has 0 bridgehead atoms. The molecule has 0 saturated carbocycles. The number of carbonyl (C=O) groups is 1. The molecule has 0 aliphatic heterocycles. The molecule has 0 aliphatic carbocycles. The van der Waals surface area contributed by atoms with Crippen molar-refractivity contribution in [3.05, 3.63) is 0 Å². The second-order valence-corrected chi connectivity index (χ2v) is 2.43. The van der Waals surface area contributed by atoms with Crippen molar-refractivity contribution in [3.8, 4) is 0 Å². The van der Waals surface area contributed by atoms with Crippen LogP contribution in [0.25, 0.3) is 0 Å². The molecule has 1 nitrogen and oxygen atoms in total. The van der Waals surface area contributed by atoms with Crippen LogP contribution in [0.5, 0.6) is 0 Å². The van der Waals surface area contributed by atoms with Gasteiger partial charge in [-0.25, -0.2) is 0 Å². The predicted molar refractivity (Wildman–Crippen MR) is 35.4 cm³/mol. The first kappa shape index (κ1) is 8.25. The monoisotopic (exact) mass is 154 g/mol. The molecule has 8 heavy (non-hydrogen) atoms. The third kappa shape index (κ3) is 3.28. The van der Waals surface area contributed by atoms with E-state index in [1.807, 2.05) is 0 Å². The van der Waals surface area contributed by atoms with Crippen LogP contribution in [-0.2, 0) is 4.79 Å². The Morgan fingerprint density at radius 2 is 2.25 bits per heavy atom. The smallest absolute Gasteiger partial charge is 0.224 e. The Morgan fingerprint density at radius 3 is 2.38 bits per heavy atom. The quantitative estimate of drug-likeness (QED) is 0.450. The summed E-state index contributed by atoms with van der Waals surface area (Å²) in [6.45, 7) is 1.76. The van der Waals surface area contributed by atoms with Crippen LogP contribution in [0.4, 0.5) is 0 Å². The lowest BCUT2D eigenvalue weighted by molar-refractivity contribution is -0.114. The van der Waals surface area contributed by atoms with Gasteiger partial charge in [-0.1, -0.05) is 6.92 Å². The van der Waals surface area contributed by atoms with Gasteiger partial charge >= 0.3 is 0 Å². The first-order valence-electron chi connectivity index (χ1n) is 2.43. The van der Waals surface area contributed by atoms with Gasteiger partial charge < -0.3 is 0 Å². The first-order chi connectivity index (χ1) is 3.68. The lowest BCUT2D eigenvalue weighted by atomic mass is 10.1. The summed E-state index contributed by atoms with van der Waals surface area (Å²) in [6.07, 6.45) is 0.671. The fourth-order valence-electron chi connectivity index (χ4n) is 0.277. The summed E-state index contributed by atoms with van der Waals surface area (Å²) in [6, 6.07) is 0. The lowest BCUT2D eigenvalue weighted by Crippen LogP contribution is -2.03. The van der Waals surface area contributed by atoms with Crippen molar-refractivity contribution in [2.75, 3.05) is 5.88 Å². The minimum atomic E-state index is -0.300. The number of rotatable bonds is 3. The van der Waals surface area contributed by atoms with Crippen LogP contribution in [-0.4, -0.2) is 11.1 Å². The summed E-state index contributed by atoms with van der Waals surface area (Å²) in [7, 11) is 0. The van der Waals surface area contributed by atoms with Crippen molar-refractivity contribution in [2.45, 2.75) is 13.3 Å². The number of hydrogen-bond donors (Lipinski definition) is 0. The van der Waals surface area contributed by atoms with Gasteiger partial charge in [0.25, 0.3) is 0 Å². The Hall–Kier alpha value is 0.250. The Balaban J connectivity index is 3.32. The summed E-state index contributed by atoms with van der Waals surface area (Å²) < 4.78 is 0. The van der Waals surface area contributed by atoms with Gasteiger partial charge in [-0.15, -0.1) is 11.6 Å². The van der Waals surface area contributed by atoms with Crippen molar-refractivity contribution in [3.63, 3.8) is 0 Å². The molecule has 0 spiro atoms. The van der Waals surface area contributed by atoms with E-state index in [9.17, 15) is 4.79 Å². The molecule has 0 saturated heterocycles. The zero-order chi connectivity index (χ0) is 6.57. The standard InChI is InChI=1S/C5H8Cl2O/c1-4(2-3-6)5(7)8/h4H,2-3H2,1H3. The van der Waals surface area contributed by atoms with Crippen LogP contribution in [0.15, 0.2) is 0 Å². The van der Waals surface area contributed by atoms with Crippen LogP contribution in [0, 0.1) is 5.92 Å². The highest BCUT2D eigenvalue weighted by atomic mass is 35.5. The van der Waals surface area contributed by atoms with Crippen molar-refractivity contribution < 1.29 is 4.79 Å². The molecule has 0 heterocycles. The van der Waals surface area contributed by atoms with E-state index in [-0.39, 0.29) is 11.2 Å². The van der Waals surface area contributed by atoms with Gasteiger partial charge in [0.15, 0.2) is 0 Å². The third-order valence-electron chi connectivity index (χ3n) is 0.930. The number of hydrogen-bond acceptors (Lipinski definition) is 1. The zero-order valence-corrected chi connectivity index (χ0v) is 6.17. The highest BCUT2D eigenvalue weighted by Gasteiger charge is 2.06. The van der Waals surface area contributed by atoms with Crippen molar-refractivity contribution >= 4 is 28.4 Å². The van der Waals surface area contributed by atoms with Crippen LogP contribution in [0.2, 0.25) is 0 Å². The topological polar surface area (TPSA) is 17.1 Å². The van der Waals surface area contributed by atoms with Crippen LogP contribution in [0.3, 0.4) is 0 Å². The van der Waals surface area contributed by atoms with Crippen LogP contribution >= 0.6 is 23.2 Å². The predicted octanol–water partition coefficient (Wildman–Crippen LogP) is 2.02. The molecular weight excluding hydrogens is 147 g/mol. The molecule has 0 aliphatic rings. The minimum absolute atomic E-state index is 0.0887. The maximum atomic E-state index is 10.2. The molecule has 1 unspecified atom stereocenters. The number of alkyl halides is 1. The van der Waals surface area contributed by atoms with Crippen LogP contribution < -0.4 is 0 Å². The first-order valence-corrected chi connectivity index (χ1v) is 3.35. The Bertz CT molecular complexity index is 82.5. The lowest BCUT2D eigenvalue weighted by Gasteiger charge is -1.98. The summed E-state index contributed by atoms with van der Waals surface area (Å²) in [5, 5.41) is -0.300. The van der Waals surface area contributed by atoms with Crippen molar-refractivity contribution in [2.24, 2.45) is 5.92 Å². The Labute approximate surface area is 59.0 Å². The highest BCUT2D eigenvalue weighted by molar-refractivity contribution is 6.63. The molecule has 0 radical (unpaired) electrons. The van der Waals surface area contributed by atoms with Crippen molar-refractivity contribution in [1.29, 1.82) is 0 Å². The molecule has 0 amide bonds. The Kier molecular flexibility index (Phi) is 4.29. The minimum Gasteiger partial charge on any atom is -0.281 e. The molecule has 0 rings (SSSR count). The van der Waals surface area contributed by atoms with E-state index in [0.717, 1.165) is 0 Å².